The lowest BCUT2D eigenvalue weighted by Crippen LogP contribution is -2.29. The van der Waals surface area contributed by atoms with Crippen LogP contribution in [-0.2, 0) is 14.3 Å². The fourth-order valence-corrected chi connectivity index (χ4v) is 0.368. The average Bonchev–Trinajstić information content (AvgIpc) is 2.11. The van der Waals surface area contributed by atoms with Crippen LogP contribution >= 0.6 is 0 Å². The largest absolute Gasteiger partial charge is 0.456 e. The number of carbonyl (C=O) groups is 2. The van der Waals surface area contributed by atoms with Crippen LogP contribution in [0.25, 0.3) is 0 Å². The van der Waals surface area contributed by atoms with Crippen LogP contribution in [0.15, 0.2) is 0 Å². The third-order valence-corrected chi connectivity index (χ3v) is 0.997. The Morgan fingerprint density at radius 1 is 1.33 bits per heavy atom. The molecule has 0 spiro atoms. The van der Waals surface area contributed by atoms with Crippen LogP contribution < -0.4 is 0 Å². The molecule has 0 aliphatic carbocycles. The highest BCUT2D eigenvalue weighted by molar-refractivity contribution is 5.84. The van der Waals surface area contributed by atoms with Gasteiger partial charge in [0.1, 0.15) is 6.61 Å². The van der Waals surface area contributed by atoms with E-state index in [1.165, 1.54) is 0 Å². The van der Waals surface area contributed by atoms with Crippen molar-refractivity contribution in [3.8, 4) is 0 Å². The third-order valence-electron chi connectivity index (χ3n) is 0.997. The smallest absolute Gasteiger partial charge is 0.337 e. The number of esters is 1. The summed E-state index contributed by atoms with van der Waals surface area (Å²) in [6.07, 6.45) is -1.63. The van der Waals surface area contributed by atoms with Gasteiger partial charge in [-0.05, 0) is 0 Å². The summed E-state index contributed by atoms with van der Waals surface area (Å²) in [6.45, 7) is -2.07. The molecular formula is C6H10O6. The molecule has 0 amide bonds. The van der Waals surface area contributed by atoms with E-state index in [9.17, 15) is 9.59 Å². The van der Waals surface area contributed by atoms with Crippen molar-refractivity contribution in [1.29, 1.82) is 0 Å². The van der Waals surface area contributed by atoms with Gasteiger partial charge < -0.3 is 20.1 Å². The predicted molar refractivity (Wildman–Crippen MR) is 36.1 cm³/mol. The molecule has 0 saturated carbocycles. The first kappa shape index (κ1) is 11.0. The van der Waals surface area contributed by atoms with Crippen LogP contribution in [0.4, 0.5) is 0 Å². The van der Waals surface area contributed by atoms with E-state index in [-0.39, 0.29) is 0 Å². The molecule has 0 saturated heterocycles. The number of ketones is 1. The van der Waals surface area contributed by atoms with Crippen molar-refractivity contribution in [2.24, 2.45) is 0 Å². The number of aliphatic hydroxyl groups is 3. The van der Waals surface area contributed by atoms with Gasteiger partial charge in [-0.1, -0.05) is 0 Å². The van der Waals surface area contributed by atoms with E-state index >= 15 is 0 Å². The molecule has 12 heavy (non-hydrogen) atoms. The summed E-state index contributed by atoms with van der Waals surface area (Å²) in [6, 6.07) is 0. The average molecular weight is 178 g/mol. The van der Waals surface area contributed by atoms with Gasteiger partial charge >= 0.3 is 5.97 Å². The second-order valence-electron chi connectivity index (χ2n) is 2.00. The van der Waals surface area contributed by atoms with Gasteiger partial charge in [0.15, 0.2) is 18.5 Å². The van der Waals surface area contributed by atoms with Crippen molar-refractivity contribution in [2.75, 3.05) is 19.8 Å². The molecular weight excluding hydrogens is 168 g/mol. The highest BCUT2D eigenvalue weighted by Gasteiger charge is 2.15. The van der Waals surface area contributed by atoms with Crippen molar-refractivity contribution in [2.45, 2.75) is 6.10 Å². The molecule has 0 heterocycles. The van der Waals surface area contributed by atoms with Crippen molar-refractivity contribution in [3.63, 3.8) is 0 Å². The van der Waals surface area contributed by atoms with E-state index in [4.69, 9.17) is 15.3 Å². The van der Waals surface area contributed by atoms with Crippen LogP contribution in [0.5, 0.6) is 0 Å². The topological polar surface area (TPSA) is 104 Å². The first-order valence-electron chi connectivity index (χ1n) is 3.20. The number of Topliss-reactive ketones (excluding diaryl/α,β-unsaturated/α-hetero) is 1. The summed E-state index contributed by atoms with van der Waals surface area (Å²) in [7, 11) is 0. The fourth-order valence-electron chi connectivity index (χ4n) is 0.368. The van der Waals surface area contributed by atoms with E-state index in [0.717, 1.165) is 0 Å². The molecule has 0 aromatic carbocycles. The second kappa shape index (κ2) is 5.64. The molecule has 70 valence electrons. The van der Waals surface area contributed by atoms with Gasteiger partial charge in [0, 0.05) is 0 Å². The number of carbonyl (C=O) groups excluding carboxylic acids is 2. The maximum atomic E-state index is 10.5. The van der Waals surface area contributed by atoms with Crippen LogP contribution in [-0.4, -0.2) is 53.0 Å². The Hall–Kier alpha value is -0.980. The summed E-state index contributed by atoms with van der Waals surface area (Å²) < 4.78 is 4.19. The minimum Gasteiger partial charge on any atom is -0.456 e. The molecule has 0 radical (unpaired) electrons. The molecule has 6 heteroatoms. The second-order valence-corrected chi connectivity index (χ2v) is 2.00. The molecule has 0 aromatic rings. The Kier molecular flexibility index (Phi) is 5.18. The van der Waals surface area contributed by atoms with Gasteiger partial charge in [-0.25, -0.2) is 4.79 Å². The zero-order valence-corrected chi connectivity index (χ0v) is 6.27. The Labute approximate surface area is 68.4 Å². The standard InChI is InChI=1S/C6H10O6/c7-1-4(9)3-12-6(11)5(10)2-8/h5,7-8,10H,1-3H2. The Morgan fingerprint density at radius 3 is 2.33 bits per heavy atom. The number of rotatable bonds is 5. The van der Waals surface area contributed by atoms with Crippen LogP contribution in [0.3, 0.4) is 0 Å². The quantitative estimate of drug-likeness (QED) is 0.400. The number of hydrogen-bond donors (Lipinski definition) is 3. The van der Waals surface area contributed by atoms with Crippen molar-refractivity contribution < 1.29 is 29.6 Å². The maximum Gasteiger partial charge on any atom is 0.337 e. The van der Waals surface area contributed by atoms with Gasteiger partial charge in [0.25, 0.3) is 0 Å². The van der Waals surface area contributed by atoms with E-state index < -0.39 is 37.7 Å². The summed E-state index contributed by atoms with van der Waals surface area (Å²) in [5, 5.41) is 25.0. The van der Waals surface area contributed by atoms with Gasteiger partial charge in [0.05, 0.1) is 6.61 Å². The number of ether oxygens (including phenoxy) is 1. The van der Waals surface area contributed by atoms with E-state index in [1.54, 1.807) is 0 Å². The zero-order chi connectivity index (χ0) is 9.56. The SMILES string of the molecule is O=C(CO)COC(=O)C(O)CO. The molecule has 0 fully saturated rings. The van der Waals surface area contributed by atoms with Gasteiger partial charge in [-0.3, -0.25) is 4.79 Å². The zero-order valence-electron chi connectivity index (χ0n) is 6.27. The molecule has 6 nitrogen and oxygen atoms in total. The molecule has 0 aliphatic heterocycles. The van der Waals surface area contributed by atoms with Gasteiger partial charge in [-0.15, -0.1) is 0 Å². The highest BCUT2D eigenvalue weighted by atomic mass is 16.6. The van der Waals surface area contributed by atoms with Crippen molar-refractivity contribution in [3.05, 3.63) is 0 Å². The monoisotopic (exact) mass is 178 g/mol. The Balaban J connectivity index is 3.64. The van der Waals surface area contributed by atoms with Crippen LogP contribution in [0.1, 0.15) is 0 Å². The lowest BCUT2D eigenvalue weighted by atomic mass is 10.4. The van der Waals surface area contributed by atoms with Crippen molar-refractivity contribution >= 4 is 11.8 Å². The third kappa shape index (κ3) is 4.02. The van der Waals surface area contributed by atoms with Crippen LogP contribution in [0.2, 0.25) is 0 Å². The summed E-state index contributed by atoms with van der Waals surface area (Å²) in [5.41, 5.74) is 0. The molecule has 3 N–H and O–H groups in total. The van der Waals surface area contributed by atoms with E-state index in [0.29, 0.717) is 0 Å². The Morgan fingerprint density at radius 2 is 1.92 bits per heavy atom. The summed E-state index contributed by atoms with van der Waals surface area (Å²) >= 11 is 0. The van der Waals surface area contributed by atoms with Crippen LogP contribution in [0, 0.1) is 0 Å². The number of aliphatic hydroxyl groups excluding tert-OH is 3. The summed E-state index contributed by atoms with van der Waals surface area (Å²) in [4.78, 5) is 20.9. The highest BCUT2D eigenvalue weighted by Crippen LogP contribution is 1.87. The number of hydrogen-bond acceptors (Lipinski definition) is 6. The van der Waals surface area contributed by atoms with E-state index in [2.05, 4.69) is 4.74 Å². The molecule has 1 atom stereocenters. The minimum absolute atomic E-state index is 0.591. The molecule has 0 bridgehead atoms. The minimum atomic E-state index is -1.63. The first-order valence-corrected chi connectivity index (χ1v) is 3.20. The molecule has 0 aliphatic rings. The van der Waals surface area contributed by atoms with E-state index in [1.807, 2.05) is 0 Å². The fraction of sp³-hybridized carbons (Fsp3) is 0.667. The summed E-state index contributed by atoms with van der Waals surface area (Å²) in [5.74, 6) is -1.76. The predicted octanol–water partition coefficient (Wildman–Crippen LogP) is -2.56. The lowest BCUT2D eigenvalue weighted by Gasteiger charge is -2.05. The molecule has 1 unspecified atom stereocenters. The lowest BCUT2D eigenvalue weighted by molar-refractivity contribution is -0.158. The van der Waals surface area contributed by atoms with Gasteiger partial charge in [-0.2, -0.15) is 0 Å². The Bertz CT molecular complexity index is 165. The molecule has 0 rings (SSSR count). The van der Waals surface area contributed by atoms with Crippen molar-refractivity contribution in [1.82, 2.24) is 0 Å². The normalized spacial score (nSPS) is 12.2. The molecule has 0 aromatic heterocycles. The maximum absolute atomic E-state index is 10.5. The van der Waals surface area contributed by atoms with Gasteiger partial charge in [0.2, 0.25) is 0 Å². The first-order chi connectivity index (χ1) is 5.61.